The van der Waals surface area contributed by atoms with Gasteiger partial charge < -0.3 is 10.6 Å². The quantitative estimate of drug-likeness (QED) is 0.649. The number of carbonyl (C=O) groups is 3. The summed E-state index contributed by atoms with van der Waals surface area (Å²) in [5, 5.41) is 5.31. The maximum absolute atomic E-state index is 12.3. The molecule has 0 radical (unpaired) electrons. The number of halogens is 1. The van der Waals surface area contributed by atoms with Gasteiger partial charge in [-0.2, -0.15) is 0 Å². The monoisotopic (exact) mass is 430 g/mol. The Morgan fingerprint density at radius 2 is 1.63 bits per heavy atom. The molecule has 0 atom stereocenters. The van der Waals surface area contributed by atoms with Gasteiger partial charge in [-0.15, -0.1) is 0 Å². The van der Waals surface area contributed by atoms with E-state index in [1.165, 1.54) is 0 Å². The molecule has 27 heavy (non-hydrogen) atoms. The minimum absolute atomic E-state index is 0.0524. The molecule has 2 amide bonds. The van der Waals surface area contributed by atoms with E-state index >= 15 is 0 Å². The number of aryl methyl sites for hydroxylation is 3. The third-order valence-corrected chi connectivity index (χ3v) is 4.67. The number of anilines is 1. The van der Waals surface area contributed by atoms with Gasteiger partial charge in [-0.05, 0) is 56.2 Å². The van der Waals surface area contributed by atoms with E-state index in [2.05, 4.69) is 26.6 Å². The maximum Gasteiger partial charge on any atom is 0.243 e. The second-order valence-electron chi connectivity index (χ2n) is 6.53. The van der Waals surface area contributed by atoms with E-state index in [0.717, 1.165) is 21.2 Å². The lowest BCUT2D eigenvalue weighted by molar-refractivity contribution is -0.124. The highest BCUT2D eigenvalue weighted by Crippen LogP contribution is 2.19. The van der Waals surface area contributed by atoms with Crippen LogP contribution in [-0.4, -0.2) is 24.1 Å². The van der Waals surface area contributed by atoms with Gasteiger partial charge in [0.1, 0.15) is 0 Å². The molecule has 0 unspecified atom stereocenters. The molecular weight excluding hydrogens is 408 g/mol. The predicted octanol–water partition coefficient (Wildman–Crippen LogP) is 4.09. The third kappa shape index (κ3) is 6.32. The number of carbonyl (C=O) groups excluding carboxylic acids is 3. The van der Waals surface area contributed by atoms with Gasteiger partial charge in [0.05, 0.1) is 6.54 Å². The zero-order valence-electron chi connectivity index (χ0n) is 15.7. The Bertz CT molecular complexity index is 878. The van der Waals surface area contributed by atoms with Gasteiger partial charge >= 0.3 is 0 Å². The second-order valence-corrected chi connectivity index (χ2v) is 7.44. The summed E-state index contributed by atoms with van der Waals surface area (Å²) in [4.78, 5) is 36.2. The van der Waals surface area contributed by atoms with Crippen LogP contribution in [0.1, 0.15) is 39.9 Å². The minimum atomic E-state index is -0.323. The number of rotatable bonds is 7. The molecule has 5 nitrogen and oxygen atoms in total. The first kappa shape index (κ1) is 20.8. The van der Waals surface area contributed by atoms with Crippen LogP contribution < -0.4 is 10.6 Å². The van der Waals surface area contributed by atoms with Crippen LogP contribution in [-0.2, 0) is 9.59 Å². The van der Waals surface area contributed by atoms with E-state index in [0.29, 0.717) is 11.3 Å². The minimum Gasteiger partial charge on any atom is -0.347 e. The molecule has 6 heteroatoms. The molecule has 0 aliphatic rings. The van der Waals surface area contributed by atoms with Crippen LogP contribution in [0.4, 0.5) is 5.69 Å². The van der Waals surface area contributed by atoms with Crippen LogP contribution in [0.3, 0.4) is 0 Å². The summed E-state index contributed by atoms with van der Waals surface area (Å²) in [7, 11) is 0. The molecule has 142 valence electrons. The number of ketones is 1. The largest absolute Gasteiger partial charge is 0.347 e. The molecule has 2 N–H and O–H groups in total. The smallest absolute Gasteiger partial charge is 0.243 e. The fourth-order valence-corrected chi connectivity index (χ4v) is 3.10. The van der Waals surface area contributed by atoms with Gasteiger partial charge in [0.2, 0.25) is 11.8 Å². The van der Waals surface area contributed by atoms with Crippen molar-refractivity contribution >= 4 is 39.2 Å². The molecule has 0 bridgehead atoms. The first-order chi connectivity index (χ1) is 12.8. The topological polar surface area (TPSA) is 75.3 Å². The molecule has 0 saturated carbocycles. The zero-order valence-corrected chi connectivity index (χ0v) is 17.3. The Balaban J connectivity index is 1.79. The van der Waals surface area contributed by atoms with Gasteiger partial charge in [0.25, 0.3) is 0 Å². The highest BCUT2D eigenvalue weighted by molar-refractivity contribution is 9.10. The van der Waals surface area contributed by atoms with Gasteiger partial charge in [0, 0.05) is 28.6 Å². The van der Waals surface area contributed by atoms with Crippen LogP contribution in [0.25, 0.3) is 0 Å². The molecule has 2 aromatic rings. The molecule has 0 heterocycles. The lowest BCUT2D eigenvalue weighted by Gasteiger charge is -2.10. The van der Waals surface area contributed by atoms with Gasteiger partial charge in [-0.1, -0.05) is 33.6 Å². The molecule has 0 aromatic heterocycles. The van der Waals surface area contributed by atoms with Gasteiger partial charge in [-0.25, -0.2) is 0 Å². The van der Waals surface area contributed by atoms with Crippen molar-refractivity contribution in [3.8, 4) is 0 Å². The number of benzene rings is 2. The van der Waals surface area contributed by atoms with E-state index in [1.807, 2.05) is 51.1 Å². The Morgan fingerprint density at radius 1 is 0.889 bits per heavy atom. The molecule has 0 fully saturated rings. The SMILES string of the molecule is Cc1ccc(C)c(C(=O)CCC(=O)NCC(=O)Nc2ccc(Br)cc2C)c1. The van der Waals surface area contributed by atoms with Crippen molar-refractivity contribution in [2.24, 2.45) is 0 Å². The standard InChI is InChI=1S/C21H23BrN2O3/c1-13-4-5-14(2)17(10-13)19(25)8-9-20(26)23-12-21(27)24-18-7-6-16(22)11-15(18)3/h4-7,10-11H,8-9,12H2,1-3H3,(H,23,26)(H,24,27). The van der Waals surface area contributed by atoms with Crippen molar-refractivity contribution in [1.29, 1.82) is 0 Å². The zero-order chi connectivity index (χ0) is 20.0. The summed E-state index contributed by atoms with van der Waals surface area (Å²) in [6, 6.07) is 11.2. The average Bonchev–Trinajstić information content (AvgIpc) is 2.62. The fraction of sp³-hybridized carbons (Fsp3) is 0.286. The van der Waals surface area contributed by atoms with Crippen molar-refractivity contribution in [3.63, 3.8) is 0 Å². The molecular formula is C21H23BrN2O3. The van der Waals surface area contributed by atoms with Crippen LogP contribution in [0, 0.1) is 20.8 Å². The van der Waals surface area contributed by atoms with E-state index < -0.39 is 0 Å². The number of Topliss-reactive ketones (excluding diaryl/α,β-unsaturated/α-hetero) is 1. The molecule has 0 spiro atoms. The highest BCUT2D eigenvalue weighted by Gasteiger charge is 2.13. The normalized spacial score (nSPS) is 10.4. The van der Waals surface area contributed by atoms with Crippen molar-refractivity contribution in [2.75, 3.05) is 11.9 Å². The van der Waals surface area contributed by atoms with E-state index in [9.17, 15) is 14.4 Å². The number of nitrogens with one attached hydrogen (secondary N) is 2. The third-order valence-electron chi connectivity index (χ3n) is 4.18. The average molecular weight is 431 g/mol. The summed E-state index contributed by atoms with van der Waals surface area (Å²) in [6.07, 6.45) is 0.167. The lowest BCUT2D eigenvalue weighted by Crippen LogP contribution is -2.33. The van der Waals surface area contributed by atoms with Crippen molar-refractivity contribution in [3.05, 3.63) is 63.1 Å². The molecule has 2 aromatic carbocycles. The van der Waals surface area contributed by atoms with E-state index in [-0.39, 0.29) is 37.0 Å². The Morgan fingerprint density at radius 3 is 2.33 bits per heavy atom. The fourth-order valence-electron chi connectivity index (χ4n) is 2.63. The van der Waals surface area contributed by atoms with Crippen molar-refractivity contribution in [2.45, 2.75) is 33.6 Å². The molecule has 2 rings (SSSR count). The number of hydrogen-bond donors (Lipinski definition) is 2. The maximum atomic E-state index is 12.3. The van der Waals surface area contributed by atoms with Crippen molar-refractivity contribution < 1.29 is 14.4 Å². The lowest BCUT2D eigenvalue weighted by atomic mass is 9.99. The van der Waals surface area contributed by atoms with Crippen LogP contribution in [0.5, 0.6) is 0 Å². The Labute approximate surface area is 167 Å². The molecule has 0 aliphatic carbocycles. The van der Waals surface area contributed by atoms with Crippen LogP contribution in [0.2, 0.25) is 0 Å². The number of hydrogen-bond acceptors (Lipinski definition) is 3. The van der Waals surface area contributed by atoms with Crippen LogP contribution >= 0.6 is 15.9 Å². The van der Waals surface area contributed by atoms with Gasteiger partial charge in [0.15, 0.2) is 5.78 Å². The van der Waals surface area contributed by atoms with E-state index in [1.54, 1.807) is 6.07 Å². The Hall–Kier alpha value is -2.47. The number of amides is 2. The first-order valence-corrected chi connectivity index (χ1v) is 9.48. The summed E-state index contributed by atoms with van der Waals surface area (Å²) in [6.45, 7) is 5.56. The summed E-state index contributed by atoms with van der Waals surface area (Å²) >= 11 is 3.37. The summed E-state index contributed by atoms with van der Waals surface area (Å²) in [5.41, 5.74) is 4.17. The molecule has 0 saturated heterocycles. The van der Waals surface area contributed by atoms with Crippen LogP contribution in [0.15, 0.2) is 40.9 Å². The van der Waals surface area contributed by atoms with Crippen molar-refractivity contribution in [1.82, 2.24) is 5.32 Å². The second kappa shape index (κ2) is 9.46. The first-order valence-electron chi connectivity index (χ1n) is 8.69. The summed E-state index contributed by atoms with van der Waals surface area (Å²) < 4.78 is 0.930. The predicted molar refractivity (Wildman–Crippen MR) is 110 cm³/mol. The summed E-state index contributed by atoms with van der Waals surface area (Å²) in [5.74, 6) is -0.702. The van der Waals surface area contributed by atoms with Gasteiger partial charge in [-0.3, -0.25) is 14.4 Å². The highest BCUT2D eigenvalue weighted by atomic mass is 79.9. The Kier molecular flexibility index (Phi) is 7.30. The molecule has 0 aliphatic heterocycles. The van der Waals surface area contributed by atoms with E-state index in [4.69, 9.17) is 0 Å².